The highest BCUT2D eigenvalue weighted by Gasteiger charge is 2.37. The van der Waals surface area contributed by atoms with Crippen molar-refractivity contribution < 1.29 is 28.8 Å². The van der Waals surface area contributed by atoms with E-state index in [-0.39, 0.29) is 17.9 Å². The van der Waals surface area contributed by atoms with Crippen molar-refractivity contribution >= 4 is 51.2 Å². The zero-order chi connectivity index (χ0) is 26.7. The highest BCUT2D eigenvalue weighted by atomic mass is 79.9. The molecule has 1 aliphatic rings. The lowest BCUT2D eigenvalue weighted by Crippen LogP contribution is -2.54. The molecular formula is C26H20BrN3O7. The molecule has 1 aliphatic heterocycles. The van der Waals surface area contributed by atoms with Crippen LogP contribution in [0.25, 0.3) is 6.08 Å². The highest BCUT2D eigenvalue weighted by Crippen LogP contribution is 2.31. The molecule has 0 radical (unpaired) electrons. The van der Waals surface area contributed by atoms with Crippen molar-refractivity contribution in [3.63, 3.8) is 0 Å². The molecule has 4 rings (SSSR count). The Morgan fingerprint density at radius 3 is 2.41 bits per heavy atom. The lowest BCUT2D eigenvalue weighted by molar-refractivity contribution is -0.384. The van der Waals surface area contributed by atoms with Gasteiger partial charge in [-0.05, 0) is 72.2 Å². The van der Waals surface area contributed by atoms with Crippen LogP contribution < -0.4 is 19.7 Å². The summed E-state index contributed by atoms with van der Waals surface area (Å²) >= 11 is 3.35. The van der Waals surface area contributed by atoms with Crippen molar-refractivity contribution in [1.29, 1.82) is 0 Å². The number of nitro groups is 1. The summed E-state index contributed by atoms with van der Waals surface area (Å²) in [5, 5.41) is 13.0. The Kier molecular flexibility index (Phi) is 7.35. The fraction of sp³-hybridized carbons (Fsp3) is 0.115. The van der Waals surface area contributed by atoms with E-state index in [4.69, 9.17) is 9.47 Å². The first-order valence-electron chi connectivity index (χ1n) is 10.9. The zero-order valence-electron chi connectivity index (χ0n) is 19.7. The molecule has 0 saturated carbocycles. The van der Waals surface area contributed by atoms with Crippen LogP contribution in [0.15, 0.2) is 70.7 Å². The fourth-order valence-corrected chi connectivity index (χ4v) is 4.16. The second-order valence-corrected chi connectivity index (χ2v) is 8.93. The van der Waals surface area contributed by atoms with Crippen LogP contribution in [0.5, 0.6) is 11.5 Å². The van der Waals surface area contributed by atoms with Crippen LogP contribution in [0.3, 0.4) is 0 Å². The number of nitrogens with zero attached hydrogens (tertiary/aromatic N) is 2. The van der Waals surface area contributed by atoms with E-state index in [9.17, 15) is 24.5 Å². The summed E-state index contributed by atoms with van der Waals surface area (Å²) in [6.07, 6.45) is 1.37. The van der Waals surface area contributed by atoms with E-state index in [1.165, 1.54) is 25.3 Å². The average Bonchev–Trinajstić information content (AvgIpc) is 2.87. The van der Waals surface area contributed by atoms with Gasteiger partial charge in [-0.1, -0.05) is 22.0 Å². The first-order chi connectivity index (χ1) is 17.7. The number of nitro benzene ring substituents is 1. The number of aryl methyl sites for hydroxylation is 1. The van der Waals surface area contributed by atoms with Crippen LogP contribution in [-0.4, -0.2) is 29.9 Å². The molecule has 3 aromatic rings. The number of hydrogen-bond acceptors (Lipinski definition) is 7. The van der Waals surface area contributed by atoms with Gasteiger partial charge in [-0.25, -0.2) is 9.69 Å². The van der Waals surface area contributed by atoms with Gasteiger partial charge in [0.2, 0.25) is 0 Å². The summed E-state index contributed by atoms with van der Waals surface area (Å²) in [7, 11) is 1.44. The van der Waals surface area contributed by atoms with Gasteiger partial charge in [0.25, 0.3) is 17.5 Å². The second-order valence-electron chi connectivity index (χ2n) is 8.01. The Bertz CT molecular complexity index is 1450. The number of imide groups is 2. The van der Waals surface area contributed by atoms with Gasteiger partial charge in [0.1, 0.15) is 12.2 Å². The van der Waals surface area contributed by atoms with Crippen LogP contribution in [0.4, 0.5) is 16.2 Å². The molecule has 1 fully saturated rings. The number of hydrogen-bond donors (Lipinski definition) is 1. The SMILES string of the molecule is COc1cc(/C=C2/C(=O)NC(=O)N(c3ccc(Br)cc3C)C2=O)ccc1OCc1ccc([N+](=O)[O-])cc1. The van der Waals surface area contributed by atoms with E-state index in [1.807, 2.05) is 0 Å². The highest BCUT2D eigenvalue weighted by molar-refractivity contribution is 9.10. The van der Waals surface area contributed by atoms with Crippen LogP contribution >= 0.6 is 15.9 Å². The van der Waals surface area contributed by atoms with Crippen molar-refractivity contribution in [3.8, 4) is 11.5 Å². The van der Waals surface area contributed by atoms with Crippen molar-refractivity contribution in [2.75, 3.05) is 12.0 Å². The van der Waals surface area contributed by atoms with E-state index >= 15 is 0 Å². The number of methoxy groups -OCH3 is 1. The summed E-state index contributed by atoms with van der Waals surface area (Å²) in [4.78, 5) is 49.5. The normalized spacial score (nSPS) is 14.5. The quantitative estimate of drug-likeness (QED) is 0.186. The van der Waals surface area contributed by atoms with Gasteiger partial charge in [-0.2, -0.15) is 0 Å². The minimum absolute atomic E-state index is 0.0180. The number of barbiturate groups is 1. The maximum atomic E-state index is 13.2. The Balaban J connectivity index is 1.57. The molecule has 1 saturated heterocycles. The maximum Gasteiger partial charge on any atom is 0.335 e. The number of anilines is 1. The topological polar surface area (TPSA) is 128 Å². The minimum Gasteiger partial charge on any atom is -0.493 e. The number of urea groups is 1. The molecule has 3 aromatic carbocycles. The number of benzene rings is 3. The molecule has 1 heterocycles. The third kappa shape index (κ3) is 5.51. The average molecular weight is 566 g/mol. The molecule has 10 nitrogen and oxygen atoms in total. The summed E-state index contributed by atoms with van der Waals surface area (Å²) in [5.41, 5.74) is 1.98. The molecule has 0 unspecified atom stereocenters. The van der Waals surface area contributed by atoms with Crippen LogP contribution in [0.1, 0.15) is 16.7 Å². The molecule has 1 N–H and O–H groups in total. The van der Waals surface area contributed by atoms with Gasteiger partial charge in [0, 0.05) is 16.6 Å². The predicted molar refractivity (Wildman–Crippen MR) is 138 cm³/mol. The van der Waals surface area contributed by atoms with Crippen molar-refractivity contribution in [2.24, 2.45) is 0 Å². The molecule has 11 heteroatoms. The zero-order valence-corrected chi connectivity index (χ0v) is 21.3. The van der Waals surface area contributed by atoms with E-state index in [1.54, 1.807) is 55.5 Å². The van der Waals surface area contributed by atoms with Gasteiger partial charge in [0.15, 0.2) is 11.5 Å². The Labute approximate surface area is 219 Å². The number of halogens is 1. The van der Waals surface area contributed by atoms with Crippen molar-refractivity contribution in [3.05, 3.63) is 97.5 Å². The monoisotopic (exact) mass is 565 g/mol. The number of amides is 4. The first-order valence-corrected chi connectivity index (χ1v) is 11.7. The summed E-state index contributed by atoms with van der Waals surface area (Å²) in [5.74, 6) is -0.823. The second kappa shape index (κ2) is 10.6. The Morgan fingerprint density at radius 2 is 1.76 bits per heavy atom. The van der Waals surface area contributed by atoms with Gasteiger partial charge in [-0.15, -0.1) is 0 Å². The first kappa shape index (κ1) is 25.6. The maximum absolute atomic E-state index is 13.2. The van der Waals surface area contributed by atoms with Crippen molar-refractivity contribution in [1.82, 2.24) is 5.32 Å². The fourth-order valence-electron chi connectivity index (χ4n) is 3.68. The van der Waals surface area contributed by atoms with E-state index in [0.29, 0.717) is 28.3 Å². The molecule has 0 aromatic heterocycles. The van der Waals surface area contributed by atoms with Gasteiger partial charge >= 0.3 is 6.03 Å². The summed E-state index contributed by atoms with van der Waals surface area (Å²) in [6, 6.07) is 15.0. The molecule has 0 aliphatic carbocycles. The molecule has 188 valence electrons. The molecule has 0 bridgehead atoms. The smallest absolute Gasteiger partial charge is 0.335 e. The van der Waals surface area contributed by atoms with Gasteiger partial charge in [-0.3, -0.25) is 25.0 Å². The third-order valence-corrected chi connectivity index (χ3v) is 6.03. The predicted octanol–water partition coefficient (Wildman–Crippen LogP) is 4.92. The lowest BCUT2D eigenvalue weighted by atomic mass is 10.1. The minimum atomic E-state index is -0.829. The molecule has 0 spiro atoms. The summed E-state index contributed by atoms with van der Waals surface area (Å²) < 4.78 is 12.0. The van der Waals surface area contributed by atoms with E-state index in [0.717, 1.165) is 14.9 Å². The lowest BCUT2D eigenvalue weighted by Gasteiger charge is -2.27. The number of carbonyl (C=O) groups is 3. The number of rotatable bonds is 7. The van der Waals surface area contributed by atoms with Crippen molar-refractivity contribution in [2.45, 2.75) is 13.5 Å². The molecule has 4 amide bonds. The standard InChI is InChI=1S/C26H20BrN3O7/c1-15-11-18(27)6-9-21(15)29-25(32)20(24(31)28-26(29)33)12-17-5-10-22(23(13-17)36-2)37-14-16-3-7-19(8-4-16)30(34)35/h3-13H,14H2,1-2H3,(H,28,31,33)/b20-12-. The van der Waals surface area contributed by atoms with Crippen LogP contribution in [-0.2, 0) is 16.2 Å². The molecule has 37 heavy (non-hydrogen) atoms. The van der Waals surface area contributed by atoms with Gasteiger partial charge < -0.3 is 9.47 Å². The molecular weight excluding hydrogens is 546 g/mol. The third-order valence-electron chi connectivity index (χ3n) is 5.54. The Morgan fingerprint density at radius 1 is 1.03 bits per heavy atom. The van der Waals surface area contributed by atoms with Crippen LogP contribution in [0.2, 0.25) is 0 Å². The summed E-state index contributed by atoms with van der Waals surface area (Å²) in [6.45, 7) is 1.89. The number of carbonyl (C=O) groups excluding carboxylic acids is 3. The van der Waals surface area contributed by atoms with E-state index in [2.05, 4.69) is 21.2 Å². The van der Waals surface area contributed by atoms with E-state index < -0.39 is 22.8 Å². The number of nitrogens with one attached hydrogen (secondary N) is 1. The number of non-ortho nitro benzene ring substituents is 1. The largest absolute Gasteiger partial charge is 0.493 e. The number of ether oxygens (including phenoxy) is 2. The Hall–Kier alpha value is -4.51. The van der Waals surface area contributed by atoms with Crippen LogP contribution in [0, 0.1) is 17.0 Å². The molecule has 0 atom stereocenters. The van der Waals surface area contributed by atoms with Gasteiger partial charge in [0.05, 0.1) is 17.7 Å².